The van der Waals surface area contributed by atoms with Gasteiger partial charge in [-0.2, -0.15) is 0 Å². The number of methoxy groups -OCH3 is 1. The second-order valence-electron chi connectivity index (χ2n) is 5.62. The number of ether oxygens (including phenoxy) is 1. The molecule has 1 aliphatic rings. The van der Waals surface area contributed by atoms with Crippen LogP contribution in [0.1, 0.15) is 38.2 Å². The molecule has 1 N–H and O–H groups in total. The molecule has 1 saturated carbocycles. The summed E-state index contributed by atoms with van der Waals surface area (Å²) >= 11 is 6.05. The molecule has 1 unspecified atom stereocenters. The first-order chi connectivity index (χ1) is 9.19. The largest absolute Gasteiger partial charge is 0.496 e. The van der Waals surface area contributed by atoms with Gasteiger partial charge in [0, 0.05) is 11.1 Å². The summed E-state index contributed by atoms with van der Waals surface area (Å²) in [6.45, 7) is 3.48. The second-order valence-corrected chi connectivity index (χ2v) is 6.05. The fraction of sp³-hybridized carbons (Fsp3) is 0.625. The van der Waals surface area contributed by atoms with E-state index in [2.05, 4.69) is 12.2 Å². The lowest BCUT2D eigenvalue weighted by Crippen LogP contribution is -2.19. The molecule has 1 aliphatic carbocycles. The molecule has 1 aromatic carbocycles. The van der Waals surface area contributed by atoms with Crippen LogP contribution in [0, 0.1) is 5.92 Å². The number of aryl methyl sites for hydroxylation is 1. The minimum absolute atomic E-state index is 0.731. The molecule has 0 heterocycles. The number of hydrogen-bond acceptors (Lipinski definition) is 2. The summed E-state index contributed by atoms with van der Waals surface area (Å²) in [5, 5.41) is 4.36. The predicted octanol–water partition coefficient (Wildman–Crippen LogP) is 4.06. The molecule has 1 fully saturated rings. The van der Waals surface area contributed by atoms with Crippen molar-refractivity contribution >= 4 is 11.6 Å². The zero-order valence-electron chi connectivity index (χ0n) is 11.9. The van der Waals surface area contributed by atoms with Crippen molar-refractivity contribution in [2.75, 3.05) is 13.7 Å². The van der Waals surface area contributed by atoms with Crippen LogP contribution in [0.2, 0.25) is 5.02 Å². The van der Waals surface area contributed by atoms with E-state index in [9.17, 15) is 0 Å². The van der Waals surface area contributed by atoms with E-state index in [0.717, 1.165) is 35.7 Å². The maximum Gasteiger partial charge on any atom is 0.122 e. The molecule has 0 aromatic heterocycles. The van der Waals surface area contributed by atoms with Gasteiger partial charge in [0.05, 0.1) is 7.11 Å². The number of halogens is 1. The first kappa shape index (κ1) is 14.7. The lowest BCUT2D eigenvalue weighted by Gasteiger charge is -2.14. The minimum Gasteiger partial charge on any atom is -0.496 e. The average Bonchev–Trinajstić information content (AvgIpc) is 3.20. The summed E-state index contributed by atoms with van der Waals surface area (Å²) in [7, 11) is 1.72. The van der Waals surface area contributed by atoms with Gasteiger partial charge in [-0.15, -0.1) is 0 Å². The van der Waals surface area contributed by atoms with E-state index >= 15 is 0 Å². The van der Waals surface area contributed by atoms with E-state index < -0.39 is 0 Å². The fourth-order valence-corrected chi connectivity index (χ4v) is 2.50. The summed E-state index contributed by atoms with van der Waals surface area (Å²) in [5.41, 5.74) is 1.22. The maximum absolute atomic E-state index is 6.05. The van der Waals surface area contributed by atoms with Gasteiger partial charge in [0.2, 0.25) is 0 Å². The van der Waals surface area contributed by atoms with Crippen LogP contribution in [0.3, 0.4) is 0 Å². The van der Waals surface area contributed by atoms with E-state index in [0.29, 0.717) is 0 Å². The van der Waals surface area contributed by atoms with Gasteiger partial charge in [0.1, 0.15) is 5.75 Å². The van der Waals surface area contributed by atoms with Gasteiger partial charge in [-0.1, -0.05) is 18.5 Å². The van der Waals surface area contributed by atoms with Gasteiger partial charge >= 0.3 is 0 Å². The molecule has 106 valence electrons. The van der Waals surface area contributed by atoms with Gasteiger partial charge in [-0.25, -0.2) is 0 Å². The Kier molecular flexibility index (Phi) is 5.53. The predicted molar refractivity (Wildman–Crippen MR) is 81.1 cm³/mol. The van der Waals surface area contributed by atoms with Crippen molar-refractivity contribution in [3.63, 3.8) is 0 Å². The Morgan fingerprint density at radius 2 is 2.16 bits per heavy atom. The average molecular weight is 282 g/mol. The Labute approximate surface area is 121 Å². The van der Waals surface area contributed by atoms with Crippen LogP contribution in [0.4, 0.5) is 0 Å². The van der Waals surface area contributed by atoms with E-state index in [-0.39, 0.29) is 0 Å². The van der Waals surface area contributed by atoms with Crippen molar-refractivity contribution in [1.82, 2.24) is 5.32 Å². The monoisotopic (exact) mass is 281 g/mol. The highest BCUT2D eigenvalue weighted by molar-refractivity contribution is 6.30. The van der Waals surface area contributed by atoms with E-state index in [1.165, 1.54) is 31.2 Å². The molecule has 0 radical (unpaired) electrons. The number of benzene rings is 1. The Balaban J connectivity index is 1.75. The smallest absolute Gasteiger partial charge is 0.122 e. The topological polar surface area (TPSA) is 21.3 Å². The number of hydrogen-bond donors (Lipinski definition) is 1. The highest BCUT2D eigenvalue weighted by Crippen LogP contribution is 2.25. The van der Waals surface area contributed by atoms with Crippen molar-refractivity contribution in [2.45, 2.75) is 45.1 Å². The Hall–Kier alpha value is -0.730. The second kappa shape index (κ2) is 7.16. The molecule has 2 nitrogen and oxygen atoms in total. The van der Waals surface area contributed by atoms with Crippen LogP contribution in [0.5, 0.6) is 5.75 Å². The third kappa shape index (κ3) is 5.04. The quantitative estimate of drug-likeness (QED) is 0.776. The van der Waals surface area contributed by atoms with Gasteiger partial charge in [0.15, 0.2) is 0 Å². The maximum atomic E-state index is 6.05. The summed E-state index contributed by atoms with van der Waals surface area (Å²) in [6, 6.07) is 6.68. The molecule has 2 rings (SSSR count). The van der Waals surface area contributed by atoms with Gasteiger partial charge < -0.3 is 10.1 Å². The van der Waals surface area contributed by atoms with Crippen molar-refractivity contribution in [3.8, 4) is 5.75 Å². The normalized spacial score (nSPS) is 16.4. The number of rotatable bonds is 8. The van der Waals surface area contributed by atoms with Crippen molar-refractivity contribution < 1.29 is 4.74 Å². The van der Waals surface area contributed by atoms with Crippen LogP contribution >= 0.6 is 11.6 Å². The lowest BCUT2D eigenvalue weighted by molar-refractivity contribution is 0.405. The summed E-state index contributed by atoms with van der Waals surface area (Å²) in [5.74, 6) is 1.68. The van der Waals surface area contributed by atoms with Crippen LogP contribution < -0.4 is 10.1 Å². The van der Waals surface area contributed by atoms with Crippen LogP contribution in [-0.4, -0.2) is 19.7 Å². The third-order valence-corrected chi connectivity index (χ3v) is 4.03. The molecule has 0 spiro atoms. The van der Waals surface area contributed by atoms with Crippen molar-refractivity contribution in [2.24, 2.45) is 5.92 Å². The van der Waals surface area contributed by atoms with Gasteiger partial charge in [-0.05, 0) is 68.3 Å². The molecular formula is C16H24ClNO. The fourth-order valence-electron chi connectivity index (χ4n) is 2.31. The van der Waals surface area contributed by atoms with Crippen LogP contribution in [0.25, 0.3) is 0 Å². The van der Waals surface area contributed by atoms with Gasteiger partial charge in [0.25, 0.3) is 0 Å². The molecule has 0 aliphatic heterocycles. The molecule has 0 bridgehead atoms. The van der Waals surface area contributed by atoms with Crippen LogP contribution in [0.15, 0.2) is 18.2 Å². The Morgan fingerprint density at radius 1 is 1.37 bits per heavy atom. The van der Waals surface area contributed by atoms with Gasteiger partial charge in [-0.3, -0.25) is 0 Å². The third-order valence-electron chi connectivity index (χ3n) is 3.80. The molecule has 19 heavy (non-hydrogen) atoms. The molecule has 1 aromatic rings. The zero-order chi connectivity index (χ0) is 13.7. The number of nitrogens with one attached hydrogen (secondary N) is 1. The summed E-state index contributed by atoms with van der Waals surface area (Å²) < 4.78 is 5.38. The van der Waals surface area contributed by atoms with E-state index in [1.54, 1.807) is 7.11 Å². The first-order valence-electron chi connectivity index (χ1n) is 7.25. The van der Waals surface area contributed by atoms with Crippen molar-refractivity contribution in [1.29, 1.82) is 0 Å². The molecule has 0 saturated heterocycles. The molecule has 0 amide bonds. The highest BCUT2D eigenvalue weighted by atomic mass is 35.5. The standard InChI is InChI=1S/C16H24ClNO/c1-12(9-10-18-15-6-7-15)3-4-13-11-14(17)5-8-16(13)19-2/h5,8,11-12,15,18H,3-4,6-7,9-10H2,1-2H3. The first-order valence-corrected chi connectivity index (χ1v) is 7.62. The molecular weight excluding hydrogens is 258 g/mol. The van der Waals surface area contributed by atoms with E-state index in [1.807, 2.05) is 18.2 Å². The van der Waals surface area contributed by atoms with E-state index in [4.69, 9.17) is 16.3 Å². The molecule has 1 atom stereocenters. The van der Waals surface area contributed by atoms with Crippen LogP contribution in [-0.2, 0) is 6.42 Å². The zero-order valence-corrected chi connectivity index (χ0v) is 12.7. The minimum atomic E-state index is 0.731. The lowest BCUT2D eigenvalue weighted by atomic mass is 9.98. The SMILES string of the molecule is COc1ccc(Cl)cc1CCC(C)CCNC1CC1. The Morgan fingerprint density at radius 3 is 2.84 bits per heavy atom. The summed E-state index contributed by atoms with van der Waals surface area (Å²) in [4.78, 5) is 0. The highest BCUT2D eigenvalue weighted by Gasteiger charge is 2.19. The Bertz CT molecular complexity index is 404. The molecule has 3 heteroatoms. The van der Waals surface area contributed by atoms with Crippen molar-refractivity contribution in [3.05, 3.63) is 28.8 Å². The summed E-state index contributed by atoms with van der Waals surface area (Å²) in [6.07, 6.45) is 6.21.